The van der Waals surface area contributed by atoms with Gasteiger partial charge in [0, 0.05) is 5.56 Å². The van der Waals surface area contributed by atoms with Gasteiger partial charge in [0.1, 0.15) is 11.6 Å². The van der Waals surface area contributed by atoms with Gasteiger partial charge in [0.05, 0.1) is 18.2 Å². The van der Waals surface area contributed by atoms with E-state index in [0.717, 1.165) is 0 Å². The van der Waals surface area contributed by atoms with Gasteiger partial charge in [-0.25, -0.2) is 9.18 Å². The number of halogens is 1. The molecule has 27 heavy (non-hydrogen) atoms. The van der Waals surface area contributed by atoms with Crippen LogP contribution in [0.4, 0.5) is 4.39 Å². The molecule has 2 aromatic carbocycles. The van der Waals surface area contributed by atoms with E-state index in [1.54, 1.807) is 31.2 Å². The van der Waals surface area contributed by atoms with Crippen molar-refractivity contribution in [2.75, 3.05) is 6.61 Å². The predicted molar refractivity (Wildman–Crippen MR) is 92.4 cm³/mol. The van der Waals surface area contributed by atoms with Crippen molar-refractivity contribution >= 4 is 5.97 Å². The molecule has 0 N–H and O–H groups in total. The third-order valence-electron chi connectivity index (χ3n) is 3.40. The molecule has 0 saturated heterocycles. The van der Waals surface area contributed by atoms with Crippen LogP contribution in [-0.2, 0) is 4.74 Å². The Morgan fingerprint density at radius 3 is 2.67 bits per heavy atom. The lowest BCUT2D eigenvalue weighted by Gasteiger charge is -2.10. The van der Waals surface area contributed by atoms with Crippen molar-refractivity contribution < 1.29 is 18.7 Å². The van der Waals surface area contributed by atoms with E-state index in [2.05, 4.69) is 15.2 Å². The maximum absolute atomic E-state index is 13.1. The first-order chi connectivity index (χ1) is 13.1. The van der Waals surface area contributed by atoms with Crippen molar-refractivity contribution in [3.8, 4) is 29.1 Å². The van der Waals surface area contributed by atoms with Gasteiger partial charge < -0.3 is 9.47 Å². The number of hydrogen-bond acceptors (Lipinski definition) is 7. The van der Waals surface area contributed by atoms with E-state index in [1.807, 2.05) is 6.07 Å². The Bertz CT molecular complexity index is 1020. The third kappa shape index (κ3) is 4.22. The van der Waals surface area contributed by atoms with Crippen molar-refractivity contribution in [1.29, 1.82) is 5.26 Å². The van der Waals surface area contributed by atoms with E-state index in [-0.39, 0.29) is 29.8 Å². The van der Waals surface area contributed by atoms with Gasteiger partial charge in [0.25, 0.3) is 5.88 Å². The molecular formula is C19H13FN4O3. The second-order valence-electron chi connectivity index (χ2n) is 5.26. The summed E-state index contributed by atoms with van der Waals surface area (Å²) in [4.78, 5) is 16.3. The summed E-state index contributed by atoms with van der Waals surface area (Å²) < 4.78 is 23.6. The Labute approximate surface area is 154 Å². The van der Waals surface area contributed by atoms with Crippen molar-refractivity contribution in [1.82, 2.24) is 15.2 Å². The Balaban J connectivity index is 2.04. The fraction of sp³-hybridized carbons (Fsp3) is 0.105. The molecule has 0 atom stereocenters. The smallest absolute Gasteiger partial charge is 0.364 e. The number of benzene rings is 2. The zero-order valence-corrected chi connectivity index (χ0v) is 14.2. The number of nitriles is 1. The quantitative estimate of drug-likeness (QED) is 0.639. The Hall–Kier alpha value is -3.86. The molecule has 0 unspecified atom stereocenters. The van der Waals surface area contributed by atoms with Crippen LogP contribution < -0.4 is 4.74 Å². The Kier molecular flexibility index (Phi) is 5.33. The van der Waals surface area contributed by atoms with E-state index in [9.17, 15) is 9.18 Å². The Morgan fingerprint density at radius 2 is 1.96 bits per heavy atom. The minimum atomic E-state index is -0.744. The number of ether oxygens (including phenoxy) is 2. The lowest BCUT2D eigenvalue weighted by molar-refractivity contribution is 0.0514. The van der Waals surface area contributed by atoms with Crippen LogP contribution in [0.3, 0.4) is 0 Å². The van der Waals surface area contributed by atoms with Gasteiger partial charge in [-0.3, -0.25) is 0 Å². The number of aromatic nitrogens is 3. The fourth-order valence-corrected chi connectivity index (χ4v) is 2.17. The first-order valence-electron chi connectivity index (χ1n) is 7.96. The highest BCUT2D eigenvalue weighted by Crippen LogP contribution is 2.25. The number of carbonyl (C=O) groups excluding carboxylic acids is 1. The molecule has 3 rings (SSSR count). The molecule has 7 nitrogen and oxygen atoms in total. The molecule has 0 amide bonds. The number of rotatable bonds is 5. The summed E-state index contributed by atoms with van der Waals surface area (Å²) in [7, 11) is 0. The summed E-state index contributed by atoms with van der Waals surface area (Å²) in [6, 6.07) is 13.8. The van der Waals surface area contributed by atoms with E-state index in [1.165, 1.54) is 24.3 Å². The SMILES string of the molecule is CCOC(=O)c1nnc(-c2cccc(C#N)c2)nc1Oc1ccc(F)cc1. The normalized spacial score (nSPS) is 10.1. The van der Waals surface area contributed by atoms with Gasteiger partial charge in [-0.05, 0) is 43.3 Å². The van der Waals surface area contributed by atoms with Crippen LogP contribution in [0.5, 0.6) is 11.6 Å². The van der Waals surface area contributed by atoms with Crippen LogP contribution in [0.2, 0.25) is 0 Å². The lowest BCUT2D eigenvalue weighted by Crippen LogP contribution is -2.12. The summed E-state index contributed by atoms with van der Waals surface area (Å²) in [6.07, 6.45) is 0. The van der Waals surface area contributed by atoms with Gasteiger partial charge in [0.2, 0.25) is 5.69 Å². The minimum Gasteiger partial charge on any atom is -0.461 e. The fourth-order valence-electron chi connectivity index (χ4n) is 2.17. The molecule has 0 aliphatic carbocycles. The zero-order chi connectivity index (χ0) is 19.2. The molecule has 0 radical (unpaired) electrons. The van der Waals surface area contributed by atoms with Crippen molar-refractivity contribution in [3.63, 3.8) is 0 Å². The number of carbonyl (C=O) groups is 1. The summed E-state index contributed by atoms with van der Waals surface area (Å²) >= 11 is 0. The van der Waals surface area contributed by atoms with Gasteiger partial charge in [0.15, 0.2) is 5.82 Å². The highest BCUT2D eigenvalue weighted by molar-refractivity contribution is 5.89. The highest BCUT2D eigenvalue weighted by atomic mass is 19.1. The second kappa shape index (κ2) is 8.01. The first kappa shape index (κ1) is 17.9. The van der Waals surface area contributed by atoms with E-state index >= 15 is 0 Å². The van der Waals surface area contributed by atoms with E-state index < -0.39 is 11.8 Å². The number of nitrogens with zero attached hydrogens (tertiary/aromatic N) is 4. The third-order valence-corrected chi connectivity index (χ3v) is 3.40. The van der Waals surface area contributed by atoms with Crippen LogP contribution in [0.25, 0.3) is 11.4 Å². The summed E-state index contributed by atoms with van der Waals surface area (Å²) in [6.45, 7) is 1.80. The molecule has 0 aliphatic heterocycles. The Morgan fingerprint density at radius 1 is 1.19 bits per heavy atom. The topological polar surface area (TPSA) is 98.0 Å². The molecule has 134 valence electrons. The molecule has 0 spiro atoms. The van der Waals surface area contributed by atoms with Gasteiger partial charge in [-0.2, -0.15) is 10.2 Å². The van der Waals surface area contributed by atoms with Crippen LogP contribution in [0.1, 0.15) is 23.0 Å². The molecule has 0 saturated carbocycles. The predicted octanol–water partition coefficient (Wildman–Crippen LogP) is 3.52. The summed E-state index contributed by atoms with van der Waals surface area (Å²) in [5, 5.41) is 16.8. The largest absolute Gasteiger partial charge is 0.461 e. The molecule has 0 aliphatic rings. The molecule has 0 fully saturated rings. The molecular weight excluding hydrogens is 351 g/mol. The summed E-state index contributed by atoms with van der Waals surface area (Å²) in [5.74, 6) is -0.876. The van der Waals surface area contributed by atoms with Gasteiger partial charge in [-0.15, -0.1) is 10.2 Å². The van der Waals surface area contributed by atoms with Gasteiger partial charge in [-0.1, -0.05) is 12.1 Å². The maximum atomic E-state index is 13.1. The minimum absolute atomic E-state index is 0.132. The molecule has 1 aromatic heterocycles. The summed E-state index contributed by atoms with van der Waals surface area (Å²) in [5.41, 5.74) is 0.744. The van der Waals surface area contributed by atoms with Crippen LogP contribution in [-0.4, -0.2) is 27.8 Å². The molecule has 3 aromatic rings. The average Bonchev–Trinajstić information content (AvgIpc) is 2.70. The molecule has 0 bridgehead atoms. The van der Waals surface area contributed by atoms with Crippen LogP contribution in [0, 0.1) is 17.1 Å². The van der Waals surface area contributed by atoms with Crippen LogP contribution >= 0.6 is 0 Å². The molecule has 1 heterocycles. The van der Waals surface area contributed by atoms with E-state index in [4.69, 9.17) is 14.7 Å². The van der Waals surface area contributed by atoms with Crippen molar-refractivity contribution in [2.24, 2.45) is 0 Å². The zero-order valence-electron chi connectivity index (χ0n) is 14.2. The lowest BCUT2D eigenvalue weighted by atomic mass is 10.1. The highest BCUT2D eigenvalue weighted by Gasteiger charge is 2.21. The second-order valence-corrected chi connectivity index (χ2v) is 5.26. The first-order valence-corrected chi connectivity index (χ1v) is 7.96. The average molecular weight is 364 g/mol. The standard InChI is InChI=1S/C19H13FN4O3/c1-2-26-19(25)16-18(27-15-8-6-14(20)7-9-15)22-17(24-23-16)13-5-3-4-12(10-13)11-21/h3-10H,2H2,1H3. The van der Waals surface area contributed by atoms with Gasteiger partial charge >= 0.3 is 5.97 Å². The number of hydrogen-bond donors (Lipinski definition) is 0. The van der Waals surface area contributed by atoms with Crippen molar-refractivity contribution in [2.45, 2.75) is 6.92 Å². The maximum Gasteiger partial charge on any atom is 0.364 e. The number of esters is 1. The van der Waals surface area contributed by atoms with Crippen molar-refractivity contribution in [3.05, 3.63) is 65.6 Å². The molecule has 8 heteroatoms. The van der Waals surface area contributed by atoms with Crippen LogP contribution in [0.15, 0.2) is 48.5 Å². The van der Waals surface area contributed by atoms with E-state index in [0.29, 0.717) is 11.1 Å². The monoisotopic (exact) mass is 364 g/mol.